The first-order valence-electron chi connectivity index (χ1n) is 9.66. The van der Waals surface area contributed by atoms with E-state index in [1.807, 2.05) is 42.5 Å². The smallest absolute Gasteiger partial charge is 0.335 e. The van der Waals surface area contributed by atoms with Gasteiger partial charge in [0, 0.05) is 28.5 Å². The summed E-state index contributed by atoms with van der Waals surface area (Å²) in [4.78, 5) is 16.2. The molecule has 5 rings (SSSR count). The van der Waals surface area contributed by atoms with Crippen LogP contribution in [0.5, 0.6) is 0 Å². The Balaban J connectivity index is 1.75. The Morgan fingerprint density at radius 1 is 0.862 bits per heavy atom. The maximum Gasteiger partial charge on any atom is 0.335 e. The highest BCUT2D eigenvalue weighted by Gasteiger charge is 2.22. The van der Waals surface area contributed by atoms with Gasteiger partial charge in [0.05, 0.1) is 12.1 Å². The van der Waals surface area contributed by atoms with Crippen LogP contribution in [0.3, 0.4) is 0 Å². The number of carbonyl (C=O) groups excluding carboxylic acids is 1. The van der Waals surface area contributed by atoms with Crippen molar-refractivity contribution in [3.05, 3.63) is 83.9 Å². The lowest BCUT2D eigenvalue weighted by Crippen LogP contribution is -2.15. The van der Waals surface area contributed by atoms with Gasteiger partial charge in [0.25, 0.3) is 0 Å². The Morgan fingerprint density at radius 3 is 2.21 bits per heavy atom. The van der Waals surface area contributed by atoms with Gasteiger partial charge in [-0.3, -0.25) is 0 Å². The van der Waals surface area contributed by atoms with E-state index in [-0.39, 0.29) is 5.97 Å². The maximum absolute atomic E-state index is 11.4. The van der Waals surface area contributed by atoms with Gasteiger partial charge in [0.1, 0.15) is 11.3 Å². The number of rotatable bonds is 3. The lowest BCUT2D eigenvalue weighted by molar-refractivity contribution is -0.144. The van der Waals surface area contributed by atoms with Crippen molar-refractivity contribution >= 4 is 22.7 Å². The van der Waals surface area contributed by atoms with E-state index >= 15 is 0 Å². The lowest BCUT2D eigenvalue weighted by Gasteiger charge is -2.12. The standard InChI is InChI=1S/C25H19NO3/c1-16-14-20-22(15-19(16)21-12-13-23(27)29-26-21)28-25(18-10-6-3-7-11-18)24(20)17-8-4-2-5-9-17/h2-11,14-15H,12-13H2,1H3. The monoisotopic (exact) mass is 381 g/mol. The van der Waals surface area contributed by atoms with Crippen molar-refractivity contribution in [3.8, 4) is 22.5 Å². The molecule has 0 radical (unpaired) electrons. The second-order valence-corrected chi connectivity index (χ2v) is 7.20. The second kappa shape index (κ2) is 7.06. The molecule has 4 heteroatoms. The zero-order valence-electron chi connectivity index (χ0n) is 16.0. The van der Waals surface area contributed by atoms with Crippen molar-refractivity contribution < 1.29 is 14.0 Å². The highest BCUT2D eigenvalue weighted by atomic mass is 16.7. The van der Waals surface area contributed by atoms with E-state index in [1.165, 1.54) is 0 Å². The first-order valence-corrected chi connectivity index (χ1v) is 9.66. The predicted octanol–water partition coefficient (Wildman–Crippen LogP) is 6.12. The minimum atomic E-state index is -0.289. The molecule has 4 nitrogen and oxygen atoms in total. The molecule has 0 aliphatic carbocycles. The van der Waals surface area contributed by atoms with Crippen molar-refractivity contribution in [3.63, 3.8) is 0 Å². The van der Waals surface area contributed by atoms with Crippen molar-refractivity contribution in [2.24, 2.45) is 5.16 Å². The fourth-order valence-corrected chi connectivity index (χ4v) is 3.85. The molecule has 1 aliphatic heterocycles. The third-order valence-corrected chi connectivity index (χ3v) is 5.27. The Morgan fingerprint density at radius 2 is 1.55 bits per heavy atom. The van der Waals surface area contributed by atoms with E-state index in [0.717, 1.165) is 50.3 Å². The van der Waals surface area contributed by atoms with Crippen LogP contribution in [0.25, 0.3) is 33.4 Å². The molecule has 0 atom stereocenters. The summed E-state index contributed by atoms with van der Waals surface area (Å²) >= 11 is 0. The summed E-state index contributed by atoms with van der Waals surface area (Å²) in [5.41, 5.74) is 6.83. The second-order valence-electron chi connectivity index (χ2n) is 7.20. The SMILES string of the molecule is Cc1cc2c(-c3ccccc3)c(-c3ccccc3)oc2cc1C1=NOC(=O)CC1. The van der Waals surface area contributed by atoms with E-state index in [2.05, 4.69) is 42.4 Å². The van der Waals surface area contributed by atoms with Crippen LogP contribution in [-0.2, 0) is 9.63 Å². The van der Waals surface area contributed by atoms with E-state index < -0.39 is 0 Å². The Labute approximate surface area is 168 Å². The number of benzene rings is 3. The van der Waals surface area contributed by atoms with E-state index in [0.29, 0.717) is 12.8 Å². The van der Waals surface area contributed by atoms with Crippen LogP contribution in [0.4, 0.5) is 0 Å². The van der Waals surface area contributed by atoms with Gasteiger partial charge >= 0.3 is 5.97 Å². The zero-order valence-corrected chi connectivity index (χ0v) is 16.0. The van der Waals surface area contributed by atoms with Gasteiger partial charge in [-0.2, -0.15) is 0 Å². The summed E-state index contributed by atoms with van der Waals surface area (Å²) in [6.45, 7) is 2.05. The van der Waals surface area contributed by atoms with Crippen LogP contribution >= 0.6 is 0 Å². The summed E-state index contributed by atoms with van der Waals surface area (Å²) in [6.07, 6.45) is 0.919. The molecule has 142 valence electrons. The number of fused-ring (bicyclic) bond motifs is 1. The summed E-state index contributed by atoms with van der Waals surface area (Å²) in [5, 5.41) is 5.08. The number of oxime groups is 1. The molecule has 0 saturated heterocycles. The minimum absolute atomic E-state index is 0.289. The molecule has 0 saturated carbocycles. The molecule has 29 heavy (non-hydrogen) atoms. The number of aryl methyl sites for hydroxylation is 1. The number of hydrogen-bond donors (Lipinski definition) is 0. The van der Waals surface area contributed by atoms with Gasteiger partial charge in [0.15, 0.2) is 0 Å². The number of nitrogens with zero attached hydrogens (tertiary/aromatic N) is 1. The maximum atomic E-state index is 11.4. The zero-order chi connectivity index (χ0) is 19.8. The fraction of sp³-hybridized carbons (Fsp3) is 0.120. The third kappa shape index (κ3) is 3.13. The third-order valence-electron chi connectivity index (χ3n) is 5.27. The molecule has 1 aliphatic rings. The molecule has 4 aromatic rings. The highest BCUT2D eigenvalue weighted by molar-refractivity contribution is 6.09. The molecule has 0 fully saturated rings. The Kier molecular flexibility index (Phi) is 4.24. The van der Waals surface area contributed by atoms with Gasteiger partial charge in [-0.15, -0.1) is 0 Å². The average molecular weight is 381 g/mol. The van der Waals surface area contributed by atoms with Crippen LogP contribution in [0, 0.1) is 6.92 Å². The molecule has 3 aromatic carbocycles. The summed E-state index contributed by atoms with van der Waals surface area (Å²) in [5.74, 6) is 0.559. The van der Waals surface area contributed by atoms with Gasteiger partial charge in [0.2, 0.25) is 0 Å². The first kappa shape index (κ1) is 17.4. The van der Waals surface area contributed by atoms with Gasteiger partial charge in [-0.1, -0.05) is 65.8 Å². The van der Waals surface area contributed by atoms with Crippen LogP contribution in [0.1, 0.15) is 24.0 Å². The van der Waals surface area contributed by atoms with E-state index in [1.54, 1.807) is 0 Å². The summed E-state index contributed by atoms with van der Waals surface area (Å²) < 4.78 is 6.38. The number of hydrogen-bond acceptors (Lipinski definition) is 4. The minimum Gasteiger partial charge on any atom is -0.455 e. The van der Waals surface area contributed by atoms with E-state index in [9.17, 15) is 4.79 Å². The predicted molar refractivity (Wildman–Crippen MR) is 114 cm³/mol. The Hall–Kier alpha value is -3.66. The molecule has 0 spiro atoms. The van der Waals surface area contributed by atoms with Gasteiger partial charge in [-0.25, -0.2) is 4.79 Å². The van der Waals surface area contributed by atoms with Crippen LogP contribution < -0.4 is 0 Å². The van der Waals surface area contributed by atoms with Crippen LogP contribution in [0.2, 0.25) is 0 Å². The van der Waals surface area contributed by atoms with Crippen molar-refractivity contribution in [2.45, 2.75) is 19.8 Å². The van der Waals surface area contributed by atoms with Crippen molar-refractivity contribution in [1.29, 1.82) is 0 Å². The van der Waals surface area contributed by atoms with Gasteiger partial charge in [-0.05, 0) is 30.2 Å². The van der Waals surface area contributed by atoms with Crippen molar-refractivity contribution in [2.75, 3.05) is 0 Å². The van der Waals surface area contributed by atoms with Crippen molar-refractivity contribution in [1.82, 2.24) is 0 Å². The highest BCUT2D eigenvalue weighted by Crippen LogP contribution is 2.41. The molecule has 2 heterocycles. The largest absolute Gasteiger partial charge is 0.455 e. The van der Waals surface area contributed by atoms with Crippen LogP contribution in [0.15, 0.2) is 82.4 Å². The molecule has 0 N–H and O–H groups in total. The molecular formula is C25H19NO3. The summed E-state index contributed by atoms with van der Waals surface area (Å²) in [7, 11) is 0. The molecular weight excluding hydrogens is 362 g/mol. The van der Waals surface area contributed by atoms with E-state index in [4.69, 9.17) is 9.25 Å². The molecule has 0 unspecified atom stereocenters. The average Bonchev–Trinajstić information content (AvgIpc) is 3.13. The quantitative estimate of drug-likeness (QED) is 0.402. The number of furan rings is 1. The molecule has 1 aromatic heterocycles. The molecule has 0 bridgehead atoms. The Bertz CT molecular complexity index is 1240. The van der Waals surface area contributed by atoms with Gasteiger partial charge < -0.3 is 9.25 Å². The molecule has 0 amide bonds. The van der Waals surface area contributed by atoms with Crippen LogP contribution in [-0.4, -0.2) is 11.7 Å². The topological polar surface area (TPSA) is 51.8 Å². The lowest BCUT2D eigenvalue weighted by atomic mass is 9.94. The fourth-order valence-electron chi connectivity index (χ4n) is 3.85. The normalized spacial score (nSPS) is 14.0. The first-order chi connectivity index (χ1) is 14.2. The summed E-state index contributed by atoms with van der Waals surface area (Å²) in [6, 6.07) is 24.6. The number of carbonyl (C=O) groups is 1.